The molecule has 2 aliphatic rings. The lowest BCUT2D eigenvalue weighted by molar-refractivity contribution is 0.251. The number of aromatic nitrogens is 4. The van der Waals surface area contributed by atoms with Gasteiger partial charge in [0.1, 0.15) is 0 Å². The first-order valence-electron chi connectivity index (χ1n) is 9.16. The maximum Gasteiger partial charge on any atom is 0.325 e. The third-order valence-corrected chi connectivity index (χ3v) is 6.03. The van der Waals surface area contributed by atoms with Crippen LogP contribution in [0, 0.1) is 0 Å². The molecule has 2 amide bonds. The van der Waals surface area contributed by atoms with Gasteiger partial charge in [0.05, 0.1) is 34.0 Å². The van der Waals surface area contributed by atoms with Crippen molar-refractivity contribution < 1.29 is 4.79 Å². The molecule has 0 spiro atoms. The SMILES string of the molecule is O=C1NC2C=CC=CC2N1c1nc(Nc2ccc3[nH]ncc3c2)c2sccc2n1. The molecule has 0 radical (unpaired) electrons. The first-order chi connectivity index (χ1) is 14.3. The van der Waals surface area contributed by atoms with Gasteiger partial charge in [-0.1, -0.05) is 24.3 Å². The van der Waals surface area contributed by atoms with E-state index in [4.69, 9.17) is 4.98 Å². The number of allylic oxidation sites excluding steroid dienone is 2. The quantitative estimate of drug-likeness (QED) is 0.486. The summed E-state index contributed by atoms with van der Waals surface area (Å²) in [6, 6.07) is 7.47. The summed E-state index contributed by atoms with van der Waals surface area (Å²) in [6.45, 7) is 0. The molecule has 1 fully saturated rings. The molecule has 2 unspecified atom stereocenters. The number of fused-ring (bicyclic) bond motifs is 3. The van der Waals surface area contributed by atoms with Gasteiger partial charge in [0.25, 0.3) is 0 Å². The van der Waals surface area contributed by atoms with Crippen LogP contribution in [0.1, 0.15) is 0 Å². The minimum absolute atomic E-state index is 0.0748. The van der Waals surface area contributed by atoms with Crippen molar-refractivity contribution in [1.29, 1.82) is 0 Å². The van der Waals surface area contributed by atoms with Gasteiger partial charge in [-0.05, 0) is 29.6 Å². The Morgan fingerprint density at radius 1 is 1.14 bits per heavy atom. The van der Waals surface area contributed by atoms with Crippen molar-refractivity contribution in [2.45, 2.75) is 12.1 Å². The minimum Gasteiger partial charge on any atom is -0.339 e. The highest BCUT2D eigenvalue weighted by molar-refractivity contribution is 7.17. The number of thiophene rings is 1. The molecule has 1 aliphatic heterocycles. The molecule has 4 aromatic rings. The Kier molecular flexibility index (Phi) is 3.44. The van der Waals surface area contributed by atoms with E-state index in [0.717, 1.165) is 26.8 Å². The van der Waals surface area contributed by atoms with E-state index in [1.165, 1.54) is 0 Å². The Hall–Kier alpha value is -3.72. The van der Waals surface area contributed by atoms with E-state index in [1.54, 1.807) is 22.4 Å². The van der Waals surface area contributed by atoms with E-state index < -0.39 is 0 Å². The molecular weight excluding hydrogens is 386 g/mol. The largest absolute Gasteiger partial charge is 0.339 e. The predicted molar refractivity (Wildman–Crippen MR) is 114 cm³/mol. The number of carbonyl (C=O) groups excluding carboxylic acids is 1. The molecular formula is C20H15N7OS. The third-order valence-electron chi connectivity index (χ3n) is 5.12. The molecule has 3 aromatic heterocycles. The fourth-order valence-corrected chi connectivity index (χ4v) is 4.52. The molecule has 3 N–H and O–H groups in total. The van der Waals surface area contributed by atoms with E-state index in [0.29, 0.717) is 11.8 Å². The van der Waals surface area contributed by atoms with Gasteiger partial charge < -0.3 is 10.6 Å². The second kappa shape index (κ2) is 6.14. The molecule has 9 heteroatoms. The summed E-state index contributed by atoms with van der Waals surface area (Å²) in [4.78, 5) is 23.6. The Bertz CT molecular complexity index is 1320. The van der Waals surface area contributed by atoms with Crippen LogP contribution in [-0.2, 0) is 0 Å². The number of benzene rings is 1. The van der Waals surface area contributed by atoms with E-state index in [2.05, 4.69) is 25.8 Å². The van der Waals surface area contributed by atoms with Gasteiger partial charge >= 0.3 is 6.03 Å². The summed E-state index contributed by atoms with van der Waals surface area (Å²) in [5.41, 5.74) is 2.66. The summed E-state index contributed by atoms with van der Waals surface area (Å²) in [7, 11) is 0. The monoisotopic (exact) mass is 401 g/mol. The van der Waals surface area contributed by atoms with Crippen LogP contribution in [0.5, 0.6) is 0 Å². The number of aromatic amines is 1. The number of nitrogens with one attached hydrogen (secondary N) is 3. The maximum absolute atomic E-state index is 12.6. The standard InChI is InChI=1S/C20H15N7OS/c28-20-24-14-3-1-2-4-16(14)27(20)19-23-15-7-8-29-17(15)18(25-19)22-12-5-6-13-11(9-12)10-21-26-13/h1-10,14,16H,(H,21,26)(H,24,28)(H,22,23,25). The molecule has 0 saturated carbocycles. The fraction of sp³-hybridized carbons (Fsp3) is 0.100. The zero-order chi connectivity index (χ0) is 19.4. The number of urea groups is 1. The summed E-state index contributed by atoms with van der Waals surface area (Å²) < 4.78 is 0.941. The van der Waals surface area contributed by atoms with Crippen molar-refractivity contribution >= 4 is 55.9 Å². The average molecular weight is 401 g/mol. The smallest absolute Gasteiger partial charge is 0.325 e. The molecule has 8 nitrogen and oxygen atoms in total. The van der Waals surface area contributed by atoms with E-state index in [-0.39, 0.29) is 18.1 Å². The van der Waals surface area contributed by atoms with Crippen LogP contribution in [-0.4, -0.2) is 38.3 Å². The maximum atomic E-state index is 12.6. The van der Waals surface area contributed by atoms with Crippen LogP contribution in [0.3, 0.4) is 0 Å². The van der Waals surface area contributed by atoms with Gasteiger partial charge in [0.2, 0.25) is 5.95 Å². The number of carbonyl (C=O) groups is 1. The number of rotatable bonds is 3. The van der Waals surface area contributed by atoms with Crippen molar-refractivity contribution in [2.75, 3.05) is 10.2 Å². The van der Waals surface area contributed by atoms with Crippen molar-refractivity contribution in [2.24, 2.45) is 0 Å². The second-order valence-corrected chi connectivity index (χ2v) is 7.83. The molecule has 1 aliphatic carbocycles. The highest BCUT2D eigenvalue weighted by Gasteiger charge is 2.40. The normalized spacial score (nSPS) is 20.4. The van der Waals surface area contributed by atoms with E-state index >= 15 is 0 Å². The van der Waals surface area contributed by atoms with Crippen molar-refractivity contribution in [3.8, 4) is 0 Å². The first kappa shape index (κ1) is 16.3. The second-order valence-electron chi connectivity index (χ2n) is 6.91. The summed E-state index contributed by atoms with van der Waals surface area (Å²) in [5, 5.41) is 16.4. The predicted octanol–water partition coefficient (Wildman–Crippen LogP) is 3.70. The lowest BCUT2D eigenvalue weighted by Crippen LogP contribution is -2.36. The van der Waals surface area contributed by atoms with Gasteiger partial charge in [0.15, 0.2) is 5.82 Å². The van der Waals surface area contributed by atoms with Crippen LogP contribution in [0.15, 0.2) is 60.1 Å². The lowest BCUT2D eigenvalue weighted by Gasteiger charge is -2.22. The molecule has 0 bridgehead atoms. The van der Waals surface area contributed by atoms with Crippen LogP contribution in [0.4, 0.5) is 22.2 Å². The van der Waals surface area contributed by atoms with Crippen molar-refractivity contribution in [3.05, 3.63) is 60.1 Å². The molecule has 1 saturated heterocycles. The number of hydrogen-bond acceptors (Lipinski definition) is 6. The van der Waals surface area contributed by atoms with Crippen LogP contribution >= 0.6 is 11.3 Å². The molecule has 1 aromatic carbocycles. The number of amides is 2. The van der Waals surface area contributed by atoms with Crippen LogP contribution in [0.2, 0.25) is 0 Å². The van der Waals surface area contributed by atoms with Gasteiger partial charge in [-0.3, -0.25) is 10.00 Å². The molecule has 142 valence electrons. The Morgan fingerprint density at radius 3 is 3.03 bits per heavy atom. The minimum atomic E-state index is -0.198. The number of nitrogens with zero attached hydrogens (tertiary/aromatic N) is 4. The molecule has 6 rings (SSSR count). The highest BCUT2D eigenvalue weighted by Crippen LogP contribution is 2.33. The van der Waals surface area contributed by atoms with Gasteiger partial charge in [0, 0.05) is 11.1 Å². The van der Waals surface area contributed by atoms with Crippen LogP contribution < -0.4 is 15.5 Å². The third kappa shape index (κ3) is 2.59. The molecule has 2 atom stereocenters. The number of hydrogen-bond donors (Lipinski definition) is 3. The summed E-state index contributed by atoms with van der Waals surface area (Å²) >= 11 is 1.56. The zero-order valence-corrected chi connectivity index (χ0v) is 15.9. The van der Waals surface area contributed by atoms with Gasteiger partial charge in [-0.2, -0.15) is 10.1 Å². The van der Waals surface area contributed by atoms with Crippen molar-refractivity contribution in [3.63, 3.8) is 0 Å². The van der Waals surface area contributed by atoms with E-state index in [1.807, 2.05) is 53.9 Å². The van der Waals surface area contributed by atoms with Crippen LogP contribution in [0.25, 0.3) is 21.1 Å². The lowest BCUT2D eigenvalue weighted by atomic mass is 10.0. The number of anilines is 3. The number of H-pyrrole nitrogens is 1. The Morgan fingerprint density at radius 2 is 2.07 bits per heavy atom. The summed E-state index contributed by atoms with van der Waals surface area (Å²) in [6.07, 6.45) is 9.63. The molecule has 4 heterocycles. The Balaban J connectivity index is 1.43. The average Bonchev–Trinajstić information content (AvgIpc) is 3.44. The van der Waals surface area contributed by atoms with E-state index in [9.17, 15) is 4.79 Å². The van der Waals surface area contributed by atoms with Gasteiger partial charge in [-0.15, -0.1) is 11.3 Å². The van der Waals surface area contributed by atoms with Crippen molar-refractivity contribution in [1.82, 2.24) is 25.5 Å². The Labute approximate surface area is 169 Å². The highest BCUT2D eigenvalue weighted by atomic mass is 32.1. The summed E-state index contributed by atoms with van der Waals surface area (Å²) in [5.74, 6) is 1.06. The zero-order valence-electron chi connectivity index (χ0n) is 15.0. The topological polar surface area (TPSA) is 98.8 Å². The fourth-order valence-electron chi connectivity index (χ4n) is 3.75. The molecule has 29 heavy (non-hydrogen) atoms. The van der Waals surface area contributed by atoms with Gasteiger partial charge in [-0.25, -0.2) is 9.78 Å². The first-order valence-corrected chi connectivity index (χ1v) is 10.0.